The summed E-state index contributed by atoms with van der Waals surface area (Å²) in [7, 11) is 1.78. The molecule has 7 heteroatoms. The highest BCUT2D eigenvalue weighted by atomic mass is 19.1. The van der Waals surface area contributed by atoms with Gasteiger partial charge in [-0.15, -0.1) is 0 Å². The smallest absolute Gasteiger partial charge is 0.274 e. The molecule has 5 rings (SSSR count). The number of halogens is 1. The summed E-state index contributed by atoms with van der Waals surface area (Å²) in [5.74, 6) is 1.01. The van der Waals surface area contributed by atoms with Crippen LogP contribution in [0.25, 0.3) is 5.69 Å². The van der Waals surface area contributed by atoms with Gasteiger partial charge in [0, 0.05) is 24.8 Å². The fourth-order valence-electron chi connectivity index (χ4n) is 4.13. The van der Waals surface area contributed by atoms with Crippen molar-refractivity contribution in [2.45, 2.75) is 32.2 Å². The van der Waals surface area contributed by atoms with Gasteiger partial charge in [-0.25, -0.2) is 9.07 Å². The van der Waals surface area contributed by atoms with E-state index in [0.717, 1.165) is 53.9 Å². The van der Waals surface area contributed by atoms with E-state index in [1.54, 1.807) is 28.8 Å². The van der Waals surface area contributed by atoms with E-state index in [-0.39, 0.29) is 18.5 Å². The average molecular weight is 407 g/mol. The van der Waals surface area contributed by atoms with Crippen LogP contribution < -0.4 is 9.47 Å². The maximum absolute atomic E-state index is 13.4. The Labute approximate surface area is 173 Å². The first-order valence-electron chi connectivity index (χ1n) is 10.1. The standard InChI is InChI=1S/C23H22FN3O3/c1-26(13-15-6-11-20-21(12-15)30-14-29-20)23(28)22-18-4-2-3-5-19(18)27(25-22)17-9-7-16(24)8-10-17/h6-12H,2-5,13-14H2,1H3. The Morgan fingerprint density at radius 3 is 2.70 bits per heavy atom. The molecule has 1 aliphatic carbocycles. The van der Waals surface area contributed by atoms with Gasteiger partial charge in [-0.1, -0.05) is 6.07 Å². The van der Waals surface area contributed by atoms with Crippen molar-refractivity contribution in [3.8, 4) is 17.2 Å². The molecule has 154 valence electrons. The topological polar surface area (TPSA) is 56.6 Å². The number of hydrogen-bond acceptors (Lipinski definition) is 4. The van der Waals surface area contributed by atoms with Crippen LogP contribution in [0.4, 0.5) is 4.39 Å². The molecule has 30 heavy (non-hydrogen) atoms. The number of ether oxygens (including phenoxy) is 2. The highest BCUT2D eigenvalue weighted by Crippen LogP contribution is 2.33. The lowest BCUT2D eigenvalue weighted by molar-refractivity contribution is 0.0777. The number of aromatic nitrogens is 2. The third-order valence-corrected chi connectivity index (χ3v) is 5.66. The van der Waals surface area contributed by atoms with E-state index < -0.39 is 0 Å². The van der Waals surface area contributed by atoms with Gasteiger partial charge in [0.1, 0.15) is 5.82 Å². The highest BCUT2D eigenvalue weighted by molar-refractivity contribution is 5.94. The van der Waals surface area contributed by atoms with E-state index >= 15 is 0 Å². The first-order chi connectivity index (χ1) is 14.6. The van der Waals surface area contributed by atoms with Crippen molar-refractivity contribution in [2.24, 2.45) is 0 Å². The number of hydrogen-bond donors (Lipinski definition) is 0. The fraction of sp³-hybridized carbons (Fsp3) is 0.304. The van der Waals surface area contributed by atoms with E-state index in [0.29, 0.717) is 18.0 Å². The molecule has 0 bridgehead atoms. The van der Waals surface area contributed by atoms with E-state index in [2.05, 4.69) is 5.10 Å². The number of carbonyl (C=O) groups is 1. The summed E-state index contributed by atoms with van der Waals surface area (Å²) in [6.45, 7) is 0.661. The predicted octanol–water partition coefficient (Wildman–Crippen LogP) is 3.89. The lowest BCUT2D eigenvalue weighted by atomic mass is 9.95. The average Bonchev–Trinajstić information content (AvgIpc) is 3.38. The molecule has 0 radical (unpaired) electrons. The Hall–Kier alpha value is -3.35. The molecule has 0 spiro atoms. The molecule has 0 N–H and O–H groups in total. The Morgan fingerprint density at radius 2 is 1.87 bits per heavy atom. The first-order valence-corrected chi connectivity index (χ1v) is 10.1. The first kappa shape index (κ1) is 18.7. The van der Waals surface area contributed by atoms with Crippen LogP contribution in [0.1, 0.15) is 40.2 Å². The summed E-state index contributed by atoms with van der Waals surface area (Å²) < 4.78 is 25.9. The van der Waals surface area contributed by atoms with Gasteiger partial charge in [-0.3, -0.25) is 4.79 Å². The van der Waals surface area contributed by atoms with Gasteiger partial charge in [0.05, 0.1) is 5.69 Å². The van der Waals surface area contributed by atoms with Gasteiger partial charge in [-0.2, -0.15) is 5.10 Å². The third-order valence-electron chi connectivity index (χ3n) is 5.66. The molecule has 0 atom stereocenters. The lowest BCUT2D eigenvalue weighted by Crippen LogP contribution is -2.27. The molecule has 2 aromatic carbocycles. The summed E-state index contributed by atoms with van der Waals surface area (Å²) in [6.07, 6.45) is 3.78. The zero-order valence-electron chi connectivity index (χ0n) is 16.7. The zero-order valence-corrected chi connectivity index (χ0v) is 16.7. The summed E-state index contributed by atoms with van der Waals surface area (Å²) in [5.41, 5.74) is 4.27. The number of carbonyl (C=O) groups excluding carboxylic acids is 1. The summed E-state index contributed by atoms with van der Waals surface area (Å²) >= 11 is 0. The second kappa shape index (κ2) is 7.48. The van der Waals surface area contributed by atoms with Crippen molar-refractivity contribution in [3.63, 3.8) is 0 Å². The van der Waals surface area contributed by atoms with Crippen LogP contribution in [-0.2, 0) is 19.4 Å². The monoisotopic (exact) mass is 407 g/mol. The molecule has 6 nitrogen and oxygen atoms in total. The van der Waals surface area contributed by atoms with Gasteiger partial charge >= 0.3 is 0 Å². The van der Waals surface area contributed by atoms with Crippen molar-refractivity contribution in [1.29, 1.82) is 0 Å². The van der Waals surface area contributed by atoms with Crippen LogP contribution in [0.3, 0.4) is 0 Å². The molecule has 2 aliphatic rings. The van der Waals surface area contributed by atoms with Crippen LogP contribution in [0.5, 0.6) is 11.5 Å². The SMILES string of the molecule is CN(Cc1ccc2c(c1)OCO2)C(=O)c1nn(-c2ccc(F)cc2)c2c1CCCC2. The Morgan fingerprint density at radius 1 is 1.10 bits per heavy atom. The van der Waals surface area contributed by atoms with Crippen molar-refractivity contribution >= 4 is 5.91 Å². The van der Waals surface area contributed by atoms with Crippen LogP contribution >= 0.6 is 0 Å². The molecule has 1 amide bonds. The van der Waals surface area contributed by atoms with Crippen molar-refractivity contribution in [1.82, 2.24) is 14.7 Å². The van der Waals surface area contributed by atoms with E-state index in [1.807, 2.05) is 18.2 Å². The molecule has 0 saturated carbocycles. The maximum Gasteiger partial charge on any atom is 0.274 e. The van der Waals surface area contributed by atoms with Crippen LogP contribution in [0, 0.1) is 5.82 Å². The minimum absolute atomic E-state index is 0.119. The molecular formula is C23H22FN3O3. The third kappa shape index (κ3) is 3.30. The summed E-state index contributed by atoms with van der Waals surface area (Å²) in [4.78, 5) is 15.0. The second-order valence-electron chi connectivity index (χ2n) is 7.72. The number of amides is 1. The zero-order chi connectivity index (χ0) is 20.7. The molecule has 1 aromatic heterocycles. The van der Waals surface area contributed by atoms with Gasteiger partial charge < -0.3 is 14.4 Å². The van der Waals surface area contributed by atoms with Gasteiger partial charge in [0.2, 0.25) is 6.79 Å². The van der Waals surface area contributed by atoms with E-state index in [1.165, 1.54) is 12.1 Å². The number of rotatable bonds is 4. The molecule has 0 saturated heterocycles. The number of benzene rings is 2. The fourth-order valence-corrected chi connectivity index (χ4v) is 4.13. The minimum atomic E-state index is -0.292. The summed E-state index contributed by atoms with van der Waals surface area (Å²) in [5, 5.41) is 4.67. The maximum atomic E-state index is 13.4. The van der Waals surface area contributed by atoms with Crippen LogP contribution in [-0.4, -0.2) is 34.4 Å². The molecule has 2 heterocycles. The normalized spacial score (nSPS) is 14.5. The van der Waals surface area contributed by atoms with E-state index in [4.69, 9.17) is 9.47 Å². The molecule has 0 fully saturated rings. The quantitative estimate of drug-likeness (QED) is 0.658. The Kier molecular flexibility index (Phi) is 4.65. The number of nitrogens with zero attached hydrogens (tertiary/aromatic N) is 3. The summed E-state index contributed by atoms with van der Waals surface area (Å²) in [6, 6.07) is 11.9. The van der Waals surface area contributed by atoms with Crippen molar-refractivity contribution in [3.05, 3.63) is 70.8 Å². The van der Waals surface area contributed by atoms with E-state index in [9.17, 15) is 9.18 Å². The molecular weight excluding hydrogens is 385 g/mol. The molecule has 0 unspecified atom stereocenters. The van der Waals surface area contributed by atoms with Gasteiger partial charge in [0.15, 0.2) is 17.2 Å². The second-order valence-corrected chi connectivity index (χ2v) is 7.72. The van der Waals surface area contributed by atoms with Crippen LogP contribution in [0.2, 0.25) is 0 Å². The molecule has 1 aliphatic heterocycles. The van der Waals surface area contributed by atoms with Crippen molar-refractivity contribution in [2.75, 3.05) is 13.8 Å². The Bertz CT molecular complexity index is 1110. The minimum Gasteiger partial charge on any atom is -0.454 e. The lowest BCUT2D eigenvalue weighted by Gasteiger charge is -2.18. The van der Waals surface area contributed by atoms with Crippen LogP contribution in [0.15, 0.2) is 42.5 Å². The largest absolute Gasteiger partial charge is 0.454 e. The Balaban J connectivity index is 1.44. The number of fused-ring (bicyclic) bond motifs is 2. The van der Waals surface area contributed by atoms with Gasteiger partial charge in [0.25, 0.3) is 5.91 Å². The van der Waals surface area contributed by atoms with Crippen molar-refractivity contribution < 1.29 is 18.7 Å². The predicted molar refractivity (Wildman–Crippen MR) is 109 cm³/mol. The molecule has 3 aromatic rings. The van der Waals surface area contributed by atoms with Gasteiger partial charge in [-0.05, 0) is 67.6 Å². The highest BCUT2D eigenvalue weighted by Gasteiger charge is 2.27.